The molecule has 0 aliphatic carbocycles. The first kappa shape index (κ1) is 19.2. The lowest BCUT2D eigenvalue weighted by Crippen LogP contribution is -2.50. The lowest BCUT2D eigenvalue weighted by atomic mass is 9.97. The van der Waals surface area contributed by atoms with E-state index < -0.39 is 0 Å². The lowest BCUT2D eigenvalue weighted by molar-refractivity contribution is -0.118. The Balaban J connectivity index is 1.53. The van der Waals surface area contributed by atoms with Gasteiger partial charge in [0.1, 0.15) is 17.6 Å². The van der Waals surface area contributed by atoms with Gasteiger partial charge in [0, 0.05) is 26.2 Å². The molecule has 2 aromatic heterocycles. The Morgan fingerprint density at radius 1 is 1.31 bits per heavy atom. The molecule has 2 unspecified atom stereocenters. The van der Waals surface area contributed by atoms with Crippen LogP contribution < -0.4 is 15.5 Å². The number of furan rings is 1. The fourth-order valence-electron chi connectivity index (χ4n) is 3.73. The second-order valence-corrected chi connectivity index (χ2v) is 7.57. The van der Waals surface area contributed by atoms with E-state index in [1.807, 2.05) is 13.8 Å². The highest BCUT2D eigenvalue weighted by Crippen LogP contribution is 2.35. The molecule has 9 nitrogen and oxygen atoms in total. The highest BCUT2D eigenvalue weighted by Gasteiger charge is 2.34. The molecule has 0 spiro atoms. The number of aromatic nitrogens is 2. The number of carbonyl (C=O) groups is 2. The van der Waals surface area contributed by atoms with E-state index in [2.05, 4.69) is 32.4 Å². The van der Waals surface area contributed by atoms with Gasteiger partial charge in [0.15, 0.2) is 17.4 Å². The van der Waals surface area contributed by atoms with Gasteiger partial charge in [0.2, 0.25) is 5.91 Å². The van der Waals surface area contributed by atoms with E-state index in [4.69, 9.17) is 4.42 Å². The van der Waals surface area contributed by atoms with Gasteiger partial charge in [-0.15, -0.1) is 0 Å². The van der Waals surface area contributed by atoms with Crippen LogP contribution in [0, 0.1) is 12.8 Å². The van der Waals surface area contributed by atoms with Gasteiger partial charge in [-0.25, -0.2) is 9.97 Å². The summed E-state index contributed by atoms with van der Waals surface area (Å²) in [4.78, 5) is 38.1. The first-order valence-electron chi connectivity index (χ1n) is 10.0. The van der Waals surface area contributed by atoms with Crippen LogP contribution >= 0.6 is 0 Å². The largest absolute Gasteiger partial charge is 0.459 e. The van der Waals surface area contributed by atoms with Crippen molar-refractivity contribution in [1.82, 2.24) is 14.9 Å². The zero-order valence-corrected chi connectivity index (χ0v) is 16.9. The van der Waals surface area contributed by atoms with Crippen molar-refractivity contribution in [2.75, 3.05) is 41.7 Å². The molecule has 2 aliphatic heterocycles. The summed E-state index contributed by atoms with van der Waals surface area (Å²) in [7, 11) is 0. The second-order valence-electron chi connectivity index (χ2n) is 7.57. The number of piperazine rings is 1. The van der Waals surface area contributed by atoms with Gasteiger partial charge in [-0.1, -0.05) is 20.3 Å². The van der Waals surface area contributed by atoms with Gasteiger partial charge in [-0.05, 0) is 25.0 Å². The number of nitrogens with one attached hydrogen (secondary N) is 2. The molecule has 0 saturated carbocycles. The van der Waals surface area contributed by atoms with E-state index in [0.717, 1.165) is 6.42 Å². The Kier molecular flexibility index (Phi) is 5.12. The topological polar surface area (TPSA) is 104 Å². The Hall–Kier alpha value is -3.10. The molecule has 2 aliphatic rings. The highest BCUT2D eigenvalue weighted by atomic mass is 16.3. The molecule has 4 rings (SSSR count). The van der Waals surface area contributed by atoms with Crippen LogP contribution in [0.25, 0.3) is 0 Å². The monoisotopic (exact) mass is 398 g/mol. The van der Waals surface area contributed by atoms with Crippen molar-refractivity contribution >= 4 is 29.1 Å². The number of nitrogens with zero attached hydrogens (tertiary/aromatic N) is 4. The molecule has 0 radical (unpaired) electrons. The molecular formula is C20H26N6O3. The summed E-state index contributed by atoms with van der Waals surface area (Å²) >= 11 is 0. The van der Waals surface area contributed by atoms with Crippen LogP contribution in [0.15, 0.2) is 22.8 Å². The van der Waals surface area contributed by atoms with E-state index in [0.29, 0.717) is 55.1 Å². The fraction of sp³-hybridized carbons (Fsp3) is 0.500. The Labute approximate surface area is 169 Å². The van der Waals surface area contributed by atoms with Crippen molar-refractivity contribution < 1.29 is 14.0 Å². The molecule has 2 aromatic rings. The molecule has 1 fully saturated rings. The van der Waals surface area contributed by atoms with Crippen LogP contribution in [0.2, 0.25) is 0 Å². The summed E-state index contributed by atoms with van der Waals surface area (Å²) in [6, 6.07) is 3.08. The summed E-state index contributed by atoms with van der Waals surface area (Å²) in [5.74, 6) is 2.36. The van der Waals surface area contributed by atoms with Crippen molar-refractivity contribution in [2.45, 2.75) is 33.2 Å². The Morgan fingerprint density at radius 3 is 2.72 bits per heavy atom. The van der Waals surface area contributed by atoms with Gasteiger partial charge >= 0.3 is 0 Å². The van der Waals surface area contributed by atoms with E-state index in [1.54, 1.807) is 17.0 Å². The fourth-order valence-corrected chi connectivity index (χ4v) is 3.73. The third-order valence-corrected chi connectivity index (χ3v) is 5.64. The first-order valence-corrected chi connectivity index (χ1v) is 10.0. The molecule has 4 heterocycles. The summed E-state index contributed by atoms with van der Waals surface area (Å²) in [6.45, 7) is 8.28. The van der Waals surface area contributed by atoms with E-state index in [-0.39, 0.29) is 23.8 Å². The number of hydrogen-bond acceptors (Lipinski definition) is 7. The first-order chi connectivity index (χ1) is 14.0. The average molecular weight is 398 g/mol. The number of hydrogen-bond donors (Lipinski definition) is 2. The molecule has 2 amide bonds. The van der Waals surface area contributed by atoms with Crippen molar-refractivity contribution in [2.24, 2.45) is 5.92 Å². The van der Waals surface area contributed by atoms with Crippen molar-refractivity contribution in [3.63, 3.8) is 0 Å². The number of anilines is 3. The van der Waals surface area contributed by atoms with Crippen LogP contribution in [-0.2, 0) is 4.79 Å². The van der Waals surface area contributed by atoms with Gasteiger partial charge in [0.25, 0.3) is 5.91 Å². The van der Waals surface area contributed by atoms with Crippen molar-refractivity contribution in [3.05, 3.63) is 30.0 Å². The molecular weight excluding hydrogens is 372 g/mol. The SMILES string of the molecule is CCC(C)C1Nc2nc(C)nc(N3CCN(C(=O)c4ccco4)CC3)c2NC1=O. The Bertz CT molecular complexity index is 905. The molecule has 9 heteroatoms. The van der Waals surface area contributed by atoms with Crippen molar-refractivity contribution in [3.8, 4) is 0 Å². The third-order valence-electron chi connectivity index (χ3n) is 5.64. The van der Waals surface area contributed by atoms with Crippen LogP contribution in [0.4, 0.5) is 17.3 Å². The zero-order valence-electron chi connectivity index (χ0n) is 16.9. The summed E-state index contributed by atoms with van der Waals surface area (Å²) in [5, 5.41) is 6.31. The predicted molar refractivity (Wildman–Crippen MR) is 109 cm³/mol. The predicted octanol–water partition coefficient (Wildman–Crippen LogP) is 2.12. The molecule has 29 heavy (non-hydrogen) atoms. The maximum absolute atomic E-state index is 12.6. The van der Waals surface area contributed by atoms with Gasteiger partial charge in [0.05, 0.1) is 6.26 Å². The number of amides is 2. The van der Waals surface area contributed by atoms with Crippen LogP contribution in [0.1, 0.15) is 36.6 Å². The standard InChI is InChI=1S/C20H26N6O3/c1-4-12(2)15-19(27)24-16-17(23-15)21-13(3)22-18(16)25-7-9-26(10-8-25)20(28)14-6-5-11-29-14/h5-6,11-12,15H,4,7-10H2,1-3H3,(H,24,27)(H,21,22,23). The maximum atomic E-state index is 12.6. The molecule has 2 N–H and O–H groups in total. The summed E-state index contributed by atoms with van der Waals surface area (Å²) in [6.07, 6.45) is 2.39. The number of carbonyl (C=O) groups excluding carboxylic acids is 2. The quantitative estimate of drug-likeness (QED) is 0.813. The average Bonchev–Trinajstić information content (AvgIpc) is 3.27. The second kappa shape index (κ2) is 7.73. The molecule has 0 bridgehead atoms. The van der Waals surface area contributed by atoms with E-state index >= 15 is 0 Å². The molecule has 2 atom stereocenters. The van der Waals surface area contributed by atoms with E-state index in [9.17, 15) is 9.59 Å². The van der Waals surface area contributed by atoms with Crippen LogP contribution in [0.3, 0.4) is 0 Å². The van der Waals surface area contributed by atoms with E-state index in [1.165, 1.54) is 6.26 Å². The minimum absolute atomic E-state index is 0.0628. The van der Waals surface area contributed by atoms with Gasteiger partial charge < -0.3 is 24.9 Å². The highest BCUT2D eigenvalue weighted by molar-refractivity contribution is 6.05. The molecule has 1 saturated heterocycles. The minimum Gasteiger partial charge on any atom is -0.459 e. The van der Waals surface area contributed by atoms with Crippen molar-refractivity contribution in [1.29, 1.82) is 0 Å². The maximum Gasteiger partial charge on any atom is 0.289 e. The lowest BCUT2D eigenvalue weighted by Gasteiger charge is -2.37. The zero-order chi connectivity index (χ0) is 20.5. The smallest absolute Gasteiger partial charge is 0.289 e. The molecule has 0 aromatic carbocycles. The third kappa shape index (κ3) is 3.64. The van der Waals surface area contributed by atoms with Gasteiger partial charge in [-0.2, -0.15) is 0 Å². The minimum atomic E-state index is -0.308. The number of rotatable bonds is 4. The van der Waals surface area contributed by atoms with Crippen LogP contribution in [0.5, 0.6) is 0 Å². The normalized spacial score (nSPS) is 20.0. The number of aryl methyl sites for hydroxylation is 1. The van der Waals surface area contributed by atoms with Crippen LogP contribution in [-0.4, -0.2) is 58.9 Å². The summed E-state index contributed by atoms with van der Waals surface area (Å²) < 4.78 is 5.22. The molecule has 154 valence electrons. The number of fused-ring (bicyclic) bond motifs is 1. The Morgan fingerprint density at radius 2 is 2.07 bits per heavy atom. The summed E-state index contributed by atoms with van der Waals surface area (Å²) in [5.41, 5.74) is 0.617. The van der Waals surface area contributed by atoms with Gasteiger partial charge in [-0.3, -0.25) is 9.59 Å².